The molecule has 34 heavy (non-hydrogen) atoms. The summed E-state index contributed by atoms with van der Waals surface area (Å²) < 4.78 is 7.79. The lowest BCUT2D eigenvalue weighted by atomic mass is 10.2. The van der Waals surface area contributed by atoms with Crippen LogP contribution in [-0.4, -0.2) is 31.4 Å². The molecule has 0 bridgehead atoms. The van der Waals surface area contributed by atoms with E-state index in [1.165, 1.54) is 23.1 Å². The second-order valence-corrected chi connectivity index (χ2v) is 9.47. The van der Waals surface area contributed by atoms with Gasteiger partial charge in [-0.15, -0.1) is 28.1 Å². The number of benzene rings is 2. The van der Waals surface area contributed by atoms with Crippen molar-refractivity contribution in [1.82, 2.24) is 19.7 Å². The van der Waals surface area contributed by atoms with Gasteiger partial charge in [0.25, 0.3) is 0 Å². The van der Waals surface area contributed by atoms with E-state index in [1.54, 1.807) is 12.1 Å². The van der Waals surface area contributed by atoms with Crippen LogP contribution in [0.15, 0.2) is 71.7 Å². The third-order valence-electron chi connectivity index (χ3n) is 4.75. The maximum Gasteiger partial charge on any atom is 0.236 e. The van der Waals surface area contributed by atoms with E-state index in [-0.39, 0.29) is 18.3 Å². The van der Waals surface area contributed by atoms with Crippen molar-refractivity contribution >= 4 is 45.7 Å². The molecule has 0 aliphatic heterocycles. The number of thiazole rings is 1. The predicted octanol–water partition coefficient (Wildman–Crippen LogP) is 5.86. The number of ether oxygens (including phenoxy) is 1. The number of hydrogen-bond donors (Lipinski definition) is 1. The number of anilines is 1. The molecule has 174 valence electrons. The Hall–Kier alpha value is -3.14. The van der Waals surface area contributed by atoms with E-state index in [1.807, 2.05) is 59.3 Å². The molecule has 2 aromatic heterocycles. The highest BCUT2D eigenvalue weighted by Crippen LogP contribution is 2.26. The number of carbonyl (C=O) groups excluding carboxylic acids is 1. The minimum Gasteiger partial charge on any atom is -0.485 e. The fourth-order valence-corrected chi connectivity index (χ4v) is 4.85. The number of carbonyl (C=O) groups is 1. The van der Waals surface area contributed by atoms with Crippen molar-refractivity contribution in [1.29, 1.82) is 0 Å². The van der Waals surface area contributed by atoms with Gasteiger partial charge in [0.05, 0.1) is 11.4 Å². The van der Waals surface area contributed by atoms with Crippen LogP contribution < -0.4 is 10.1 Å². The average Bonchev–Trinajstić information content (AvgIpc) is 3.45. The first-order valence-corrected chi connectivity index (χ1v) is 12.6. The van der Waals surface area contributed by atoms with E-state index in [9.17, 15) is 4.79 Å². The normalized spacial score (nSPS) is 10.8. The van der Waals surface area contributed by atoms with Gasteiger partial charge in [0, 0.05) is 22.5 Å². The molecule has 7 nitrogen and oxygen atoms in total. The van der Waals surface area contributed by atoms with Gasteiger partial charge in [-0.1, -0.05) is 59.8 Å². The lowest BCUT2D eigenvalue weighted by Gasteiger charge is -2.11. The molecule has 0 spiro atoms. The highest BCUT2D eigenvalue weighted by Gasteiger charge is 2.15. The van der Waals surface area contributed by atoms with Crippen LogP contribution in [-0.2, 0) is 17.9 Å². The fraction of sp³-hybridized carbons (Fsp3) is 0.167. The number of aromatic nitrogens is 4. The second-order valence-electron chi connectivity index (χ2n) is 7.24. The number of hydrogen-bond acceptors (Lipinski definition) is 7. The van der Waals surface area contributed by atoms with Crippen molar-refractivity contribution in [2.24, 2.45) is 0 Å². The first kappa shape index (κ1) is 24.0. The summed E-state index contributed by atoms with van der Waals surface area (Å²) in [7, 11) is 0. The Labute approximate surface area is 210 Å². The van der Waals surface area contributed by atoms with Crippen molar-refractivity contribution in [2.75, 3.05) is 11.1 Å². The van der Waals surface area contributed by atoms with Gasteiger partial charge in [-0.05, 0) is 30.7 Å². The number of nitrogens with zero attached hydrogens (tertiary/aromatic N) is 4. The molecular formula is C24H22ClN5O2S2. The summed E-state index contributed by atoms with van der Waals surface area (Å²) in [6, 6.07) is 15.3. The molecule has 0 aliphatic rings. The monoisotopic (exact) mass is 511 g/mol. The minimum absolute atomic E-state index is 0.165. The SMILES string of the molecule is C=CCn1c(COc2ccc(Cl)cc2C)nnc1SCC(=O)Nc1nc(-c2ccccc2)cs1. The molecular weight excluding hydrogens is 490 g/mol. The molecule has 1 amide bonds. The average molecular weight is 512 g/mol. The second kappa shape index (κ2) is 11.3. The standard InChI is InChI=1S/C24H22ClN5O2S2/c1-3-11-30-21(13-32-20-10-9-18(25)12-16(20)2)28-29-24(30)34-15-22(31)27-23-26-19(14-33-23)17-7-5-4-6-8-17/h3-10,12,14H,1,11,13,15H2,2H3,(H,26,27,31). The summed E-state index contributed by atoms with van der Waals surface area (Å²) in [5.41, 5.74) is 2.78. The number of rotatable bonds is 10. The molecule has 2 heterocycles. The number of nitrogens with one attached hydrogen (secondary N) is 1. The van der Waals surface area contributed by atoms with Crippen LogP contribution in [0.2, 0.25) is 5.02 Å². The van der Waals surface area contributed by atoms with E-state index in [2.05, 4.69) is 27.1 Å². The van der Waals surface area contributed by atoms with E-state index >= 15 is 0 Å². The predicted molar refractivity (Wildman–Crippen MR) is 138 cm³/mol. The van der Waals surface area contributed by atoms with Crippen LogP contribution in [0.1, 0.15) is 11.4 Å². The van der Waals surface area contributed by atoms with Gasteiger partial charge >= 0.3 is 0 Å². The topological polar surface area (TPSA) is 81.9 Å². The molecule has 0 aliphatic carbocycles. The maximum absolute atomic E-state index is 12.5. The molecule has 0 unspecified atom stereocenters. The van der Waals surface area contributed by atoms with Gasteiger partial charge in [0.2, 0.25) is 5.91 Å². The maximum atomic E-state index is 12.5. The smallest absolute Gasteiger partial charge is 0.236 e. The highest BCUT2D eigenvalue weighted by atomic mass is 35.5. The van der Waals surface area contributed by atoms with Crippen molar-refractivity contribution in [2.45, 2.75) is 25.2 Å². The minimum atomic E-state index is -0.165. The Morgan fingerprint density at radius 1 is 1.26 bits per heavy atom. The lowest BCUT2D eigenvalue weighted by Crippen LogP contribution is -2.15. The Balaban J connectivity index is 1.36. The summed E-state index contributed by atoms with van der Waals surface area (Å²) in [6.45, 7) is 6.48. The van der Waals surface area contributed by atoms with Gasteiger partial charge in [-0.25, -0.2) is 4.98 Å². The van der Waals surface area contributed by atoms with Gasteiger partial charge < -0.3 is 10.1 Å². The number of allylic oxidation sites excluding steroid dienone is 1. The molecule has 1 N–H and O–H groups in total. The zero-order valence-electron chi connectivity index (χ0n) is 18.4. The molecule has 4 rings (SSSR count). The zero-order valence-corrected chi connectivity index (χ0v) is 20.8. The third-order valence-corrected chi connectivity index (χ3v) is 6.71. The summed E-state index contributed by atoms with van der Waals surface area (Å²) in [5, 5.41) is 15.1. The Kier molecular flexibility index (Phi) is 7.99. The summed E-state index contributed by atoms with van der Waals surface area (Å²) in [6.07, 6.45) is 1.76. The van der Waals surface area contributed by atoms with Crippen molar-refractivity contribution in [3.8, 4) is 17.0 Å². The molecule has 2 aromatic carbocycles. The van der Waals surface area contributed by atoms with Crippen LogP contribution >= 0.6 is 34.7 Å². The Morgan fingerprint density at radius 2 is 2.09 bits per heavy atom. The van der Waals surface area contributed by atoms with Crippen LogP contribution in [0.25, 0.3) is 11.3 Å². The van der Waals surface area contributed by atoms with E-state index in [4.69, 9.17) is 16.3 Å². The fourth-order valence-electron chi connectivity index (χ4n) is 3.12. The van der Waals surface area contributed by atoms with Crippen LogP contribution in [0.3, 0.4) is 0 Å². The first-order valence-electron chi connectivity index (χ1n) is 10.4. The molecule has 0 atom stereocenters. The zero-order chi connectivity index (χ0) is 23.9. The molecule has 0 fully saturated rings. The van der Waals surface area contributed by atoms with Crippen molar-refractivity contribution < 1.29 is 9.53 Å². The van der Waals surface area contributed by atoms with Crippen molar-refractivity contribution in [3.05, 3.63) is 83.0 Å². The van der Waals surface area contributed by atoms with E-state index in [0.29, 0.717) is 27.7 Å². The number of aryl methyl sites for hydroxylation is 1. The summed E-state index contributed by atoms with van der Waals surface area (Å²) in [5.74, 6) is 1.38. The van der Waals surface area contributed by atoms with Crippen LogP contribution in [0.5, 0.6) is 5.75 Å². The van der Waals surface area contributed by atoms with Gasteiger partial charge in [0.15, 0.2) is 16.1 Å². The molecule has 4 aromatic rings. The van der Waals surface area contributed by atoms with Gasteiger partial charge in [0.1, 0.15) is 12.4 Å². The highest BCUT2D eigenvalue weighted by molar-refractivity contribution is 7.99. The summed E-state index contributed by atoms with van der Waals surface area (Å²) in [4.78, 5) is 17.0. The van der Waals surface area contributed by atoms with Crippen LogP contribution in [0.4, 0.5) is 5.13 Å². The molecule has 0 radical (unpaired) electrons. The molecule has 0 saturated heterocycles. The van der Waals surface area contributed by atoms with Crippen molar-refractivity contribution in [3.63, 3.8) is 0 Å². The van der Waals surface area contributed by atoms with Crippen LogP contribution in [0, 0.1) is 6.92 Å². The lowest BCUT2D eigenvalue weighted by molar-refractivity contribution is -0.113. The largest absolute Gasteiger partial charge is 0.485 e. The molecule has 10 heteroatoms. The third kappa shape index (κ3) is 6.05. The van der Waals surface area contributed by atoms with E-state index < -0.39 is 0 Å². The van der Waals surface area contributed by atoms with Gasteiger partial charge in [-0.2, -0.15) is 0 Å². The van der Waals surface area contributed by atoms with E-state index in [0.717, 1.165) is 22.6 Å². The first-order chi connectivity index (χ1) is 16.5. The number of thioether (sulfide) groups is 1. The van der Waals surface area contributed by atoms with Gasteiger partial charge in [-0.3, -0.25) is 9.36 Å². The number of halogens is 1. The number of amides is 1. The molecule has 0 saturated carbocycles. The Bertz CT molecular complexity index is 1290. The summed E-state index contributed by atoms with van der Waals surface area (Å²) >= 11 is 8.70. The Morgan fingerprint density at radius 3 is 2.85 bits per heavy atom. The quantitative estimate of drug-likeness (QED) is 0.212.